The summed E-state index contributed by atoms with van der Waals surface area (Å²) in [6, 6.07) is 2.14. The topological polar surface area (TPSA) is 27.3 Å². The van der Waals surface area contributed by atoms with E-state index in [2.05, 4.69) is 56.8 Å². The minimum atomic E-state index is 0.299. The molecule has 5 heteroatoms. The Labute approximate surface area is 122 Å². The lowest BCUT2D eigenvalue weighted by molar-refractivity contribution is 0.168. The summed E-state index contributed by atoms with van der Waals surface area (Å²) in [5.41, 5.74) is 0.299. The highest BCUT2D eigenvalue weighted by Crippen LogP contribution is 2.26. The van der Waals surface area contributed by atoms with E-state index in [1.807, 2.05) is 0 Å². The van der Waals surface area contributed by atoms with Crippen molar-refractivity contribution in [3.63, 3.8) is 0 Å². The van der Waals surface area contributed by atoms with Gasteiger partial charge < -0.3 is 15.5 Å². The van der Waals surface area contributed by atoms with E-state index in [9.17, 15) is 0 Å². The van der Waals surface area contributed by atoms with Crippen molar-refractivity contribution in [1.82, 2.24) is 10.2 Å². The summed E-state index contributed by atoms with van der Waals surface area (Å²) >= 11 is 5.24. The summed E-state index contributed by atoms with van der Waals surface area (Å²) in [6.45, 7) is 11.5. The SMILES string of the molecule is CC(C)(CNc1cc(Br)cs1)CN1CCNCC1. The molecule has 18 heavy (non-hydrogen) atoms. The number of halogens is 1. The average Bonchev–Trinajstić information content (AvgIpc) is 2.74. The van der Waals surface area contributed by atoms with E-state index in [4.69, 9.17) is 0 Å². The first-order valence-electron chi connectivity index (χ1n) is 6.46. The van der Waals surface area contributed by atoms with Gasteiger partial charge in [0.2, 0.25) is 0 Å². The van der Waals surface area contributed by atoms with Crippen LogP contribution in [-0.2, 0) is 0 Å². The van der Waals surface area contributed by atoms with Gasteiger partial charge >= 0.3 is 0 Å². The summed E-state index contributed by atoms with van der Waals surface area (Å²) in [5, 5.41) is 10.3. The van der Waals surface area contributed by atoms with Crippen LogP contribution in [-0.4, -0.2) is 44.2 Å². The fraction of sp³-hybridized carbons (Fsp3) is 0.692. The van der Waals surface area contributed by atoms with Crippen molar-refractivity contribution in [2.24, 2.45) is 5.41 Å². The zero-order valence-electron chi connectivity index (χ0n) is 11.1. The van der Waals surface area contributed by atoms with Crippen LogP contribution in [0.5, 0.6) is 0 Å². The fourth-order valence-corrected chi connectivity index (χ4v) is 3.58. The molecule has 0 atom stereocenters. The van der Waals surface area contributed by atoms with Crippen molar-refractivity contribution < 1.29 is 0 Å². The molecule has 1 saturated heterocycles. The van der Waals surface area contributed by atoms with Crippen LogP contribution in [0, 0.1) is 5.41 Å². The van der Waals surface area contributed by atoms with Gasteiger partial charge in [-0.2, -0.15) is 0 Å². The van der Waals surface area contributed by atoms with E-state index in [1.165, 1.54) is 18.1 Å². The Bertz CT molecular complexity index is 372. The third-order valence-corrected chi connectivity index (χ3v) is 4.82. The van der Waals surface area contributed by atoms with Gasteiger partial charge in [-0.05, 0) is 27.4 Å². The first-order chi connectivity index (χ1) is 8.55. The number of nitrogens with one attached hydrogen (secondary N) is 2. The van der Waals surface area contributed by atoms with Crippen LogP contribution in [0.15, 0.2) is 15.9 Å². The fourth-order valence-electron chi connectivity index (χ4n) is 2.26. The second kappa shape index (κ2) is 6.37. The molecule has 2 rings (SSSR count). The van der Waals surface area contributed by atoms with Crippen molar-refractivity contribution in [1.29, 1.82) is 0 Å². The number of hydrogen-bond donors (Lipinski definition) is 2. The molecule has 102 valence electrons. The minimum absolute atomic E-state index is 0.299. The highest BCUT2D eigenvalue weighted by Gasteiger charge is 2.22. The number of thiophene rings is 1. The maximum Gasteiger partial charge on any atom is 0.0894 e. The summed E-state index contributed by atoms with van der Waals surface area (Å²) in [7, 11) is 0. The molecule has 1 aromatic heterocycles. The monoisotopic (exact) mass is 331 g/mol. The van der Waals surface area contributed by atoms with E-state index in [0.29, 0.717) is 5.41 Å². The number of nitrogens with zero attached hydrogens (tertiary/aromatic N) is 1. The Kier molecular flexibility index (Phi) is 5.06. The van der Waals surface area contributed by atoms with E-state index in [0.717, 1.165) is 30.7 Å². The molecule has 0 amide bonds. The van der Waals surface area contributed by atoms with Crippen LogP contribution >= 0.6 is 27.3 Å². The predicted octanol–water partition coefficient (Wildman–Crippen LogP) is 2.85. The lowest BCUT2D eigenvalue weighted by Gasteiger charge is -2.35. The van der Waals surface area contributed by atoms with Gasteiger partial charge in [0.15, 0.2) is 0 Å². The second-order valence-corrected chi connectivity index (χ2v) is 7.50. The van der Waals surface area contributed by atoms with Gasteiger partial charge in [0.1, 0.15) is 0 Å². The van der Waals surface area contributed by atoms with Gasteiger partial charge in [-0.1, -0.05) is 13.8 Å². The maximum atomic E-state index is 3.54. The van der Waals surface area contributed by atoms with E-state index >= 15 is 0 Å². The highest BCUT2D eigenvalue weighted by atomic mass is 79.9. The molecule has 1 aromatic rings. The Morgan fingerprint density at radius 3 is 2.78 bits per heavy atom. The lowest BCUT2D eigenvalue weighted by Crippen LogP contribution is -2.48. The number of hydrogen-bond acceptors (Lipinski definition) is 4. The summed E-state index contributed by atoms with van der Waals surface area (Å²) in [4.78, 5) is 2.56. The third kappa shape index (κ3) is 4.53. The van der Waals surface area contributed by atoms with Crippen LogP contribution in [0.3, 0.4) is 0 Å². The van der Waals surface area contributed by atoms with Crippen LogP contribution in [0.25, 0.3) is 0 Å². The molecule has 1 aliphatic rings. The quantitative estimate of drug-likeness (QED) is 0.868. The molecule has 1 aliphatic heterocycles. The van der Waals surface area contributed by atoms with Crippen LogP contribution in [0.1, 0.15) is 13.8 Å². The van der Waals surface area contributed by atoms with E-state index in [1.54, 1.807) is 11.3 Å². The first-order valence-corrected chi connectivity index (χ1v) is 8.13. The zero-order chi connectivity index (χ0) is 13.0. The lowest BCUT2D eigenvalue weighted by atomic mass is 9.92. The summed E-state index contributed by atoms with van der Waals surface area (Å²) < 4.78 is 1.16. The molecule has 0 unspecified atom stereocenters. The normalized spacial score (nSPS) is 17.9. The van der Waals surface area contributed by atoms with Gasteiger partial charge in [0.05, 0.1) is 5.00 Å². The van der Waals surface area contributed by atoms with Crippen molar-refractivity contribution in [3.05, 3.63) is 15.9 Å². The molecule has 3 nitrogen and oxygen atoms in total. The Hall–Kier alpha value is -0.100. The van der Waals surface area contributed by atoms with Gasteiger partial charge in [-0.25, -0.2) is 0 Å². The average molecular weight is 332 g/mol. The number of anilines is 1. The zero-order valence-corrected chi connectivity index (χ0v) is 13.5. The summed E-state index contributed by atoms with van der Waals surface area (Å²) in [6.07, 6.45) is 0. The Morgan fingerprint density at radius 1 is 1.44 bits per heavy atom. The second-order valence-electron chi connectivity index (χ2n) is 5.67. The molecule has 0 aromatic carbocycles. The third-order valence-electron chi connectivity index (χ3n) is 3.17. The molecule has 2 N–H and O–H groups in total. The molecule has 0 saturated carbocycles. The van der Waals surface area contributed by atoms with Gasteiger partial charge in [0.25, 0.3) is 0 Å². The van der Waals surface area contributed by atoms with Crippen molar-refractivity contribution in [2.45, 2.75) is 13.8 Å². The van der Waals surface area contributed by atoms with Gasteiger partial charge in [-0.3, -0.25) is 0 Å². The molecule has 0 aliphatic carbocycles. The van der Waals surface area contributed by atoms with Crippen LogP contribution in [0.4, 0.5) is 5.00 Å². The molecule has 0 radical (unpaired) electrons. The van der Waals surface area contributed by atoms with Crippen LogP contribution < -0.4 is 10.6 Å². The Balaban J connectivity index is 1.79. The minimum Gasteiger partial charge on any atom is -0.376 e. The standard InChI is InChI=1S/C13H22BrN3S/c1-13(2,10-17-5-3-15-4-6-17)9-16-12-7-11(14)8-18-12/h7-8,15-16H,3-6,9-10H2,1-2H3. The maximum absolute atomic E-state index is 3.54. The first kappa shape index (κ1) is 14.3. The van der Waals surface area contributed by atoms with Crippen molar-refractivity contribution in [2.75, 3.05) is 44.6 Å². The molecule has 0 bridgehead atoms. The van der Waals surface area contributed by atoms with Crippen molar-refractivity contribution in [3.8, 4) is 0 Å². The number of rotatable bonds is 5. The van der Waals surface area contributed by atoms with E-state index < -0.39 is 0 Å². The molecular weight excluding hydrogens is 310 g/mol. The van der Waals surface area contributed by atoms with Crippen LogP contribution in [0.2, 0.25) is 0 Å². The predicted molar refractivity (Wildman–Crippen MR) is 83.6 cm³/mol. The highest BCUT2D eigenvalue weighted by molar-refractivity contribution is 9.10. The molecule has 0 spiro atoms. The molecular formula is C13H22BrN3S. The Morgan fingerprint density at radius 2 is 2.17 bits per heavy atom. The smallest absolute Gasteiger partial charge is 0.0894 e. The van der Waals surface area contributed by atoms with E-state index in [-0.39, 0.29) is 0 Å². The van der Waals surface area contributed by atoms with Crippen molar-refractivity contribution >= 4 is 32.3 Å². The van der Waals surface area contributed by atoms with Gasteiger partial charge in [0, 0.05) is 49.1 Å². The number of piperazine rings is 1. The summed E-state index contributed by atoms with van der Waals surface area (Å²) in [5.74, 6) is 0. The molecule has 1 fully saturated rings. The largest absolute Gasteiger partial charge is 0.376 e. The molecule has 2 heterocycles. The van der Waals surface area contributed by atoms with Gasteiger partial charge in [-0.15, -0.1) is 11.3 Å².